The summed E-state index contributed by atoms with van der Waals surface area (Å²) in [4.78, 5) is 235. The third kappa shape index (κ3) is 45.8. The zero-order valence-corrected chi connectivity index (χ0v) is 74.0. The number of unbranched alkanes of at least 4 members (excludes halogenated alkanes) is 2. The Hall–Kier alpha value is -8.49. The minimum atomic E-state index is -0.807. The minimum Gasteiger partial charge on any atom is -0.390 e. The van der Waals surface area contributed by atoms with Crippen LogP contribution in [-0.2, 0) is 119 Å². The molecule has 122 heavy (non-hydrogen) atoms. The van der Waals surface area contributed by atoms with Gasteiger partial charge < -0.3 is 141 Å². The van der Waals surface area contributed by atoms with Gasteiger partial charge in [0.1, 0.15) is 0 Å². The van der Waals surface area contributed by atoms with Crippen molar-refractivity contribution >= 4 is 106 Å². The molecule has 45 nitrogen and oxygen atoms in total. The molecule has 1 fully saturated rings. The number of primary amides is 1. The number of nitrogens with one attached hydrogen (secondary N) is 1. The maximum absolute atomic E-state index is 14.4. The average Bonchev–Trinajstić information content (AvgIpc) is 1.67. The average molecular weight is 1770 g/mol. The van der Waals surface area contributed by atoms with Crippen LogP contribution in [0.4, 0.5) is 0 Å². The van der Waals surface area contributed by atoms with E-state index in [1.54, 1.807) is 0 Å². The number of aliphatic hydroxyl groups excluding tert-OH is 1. The van der Waals surface area contributed by atoms with E-state index in [-0.39, 0.29) is 208 Å². The number of methoxy groups -OCH3 is 8. The lowest BCUT2D eigenvalue weighted by atomic mass is 10.1. The number of hydrogen-bond donors (Lipinski definition) is 7. The lowest BCUT2D eigenvalue weighted by molar-refractivity contribution is -0.149. The number of nitrogens with zero attached hydrogens (tertiary/aromatic N) is 13. The van der Waals surface area contributed by atoms with Gasteiger partial charge in [0.2, 0.25) is 94.5 Å². The lowest BCUT2D eigenvalue weighted by Gasteiger charge is -2.33. The maximum atomic E-state index is 14.4. The molecule has 700 valence electrons. The van der Waals surface area contributed by atoms with E-state index in [1.807, 2.05) is 13.8 Å². The van der Waals surface area contributed by atoms with E-state index in [4.69, 9.17) is 71.3 Å². The van der Waals surface area contributed by atoms with Crippen LogP contribution >= 0.6 is 11.8 Å². The number of imide groups is 1. The number of thioether (sulfide) groups is 1. The summed E-state index contributed by atoms with van der Waals surface area (Å²) in [6.45, 7) is -5.34. The van der Waals surface area contributed by atoms with Crippen molar-refractivity contribution in [3.63, 3.8) is 0 Å². The Morgan fingerprint density at radius 2 is 0.648 bits per heavy atom. The smallest absolute Gasteiger partial charge is 0.242 e. The van der Waals surface area contributed by atoms with Crippen LogP contribution in [0.15, 0.2) is 0 Å². The van der Waals surface area contributed by atoms with E-state index in [0.29, 0.717) is 31.8 Å². The summed E-state index contributed by atoms with van der Waals surface area (Å²) in [6.07, 6.45) is 0.421. The van der Waals surface area contributed by atoms with Gasteiger partial charge in [0.25, 0.3) is 0 Å². The van der Waals surface area contributed by atoms with Crippen molar-refractivity contribution in [1.29, 1.82) is 0 Å². The van der Waals surface area contributed by atoms with Crippen LogP contribution in [0.25, 0.3) is 0 Å². The summed E-state index contributed by atoms with van der Waals surface area (Å²) in [5.74, 6) is -10.0. The third-order valence-corrected chi connectivity index (χ3v) is 20.0. The molecule has 1 aliphatic heterocycles. The van der Waals surface area contributed by atoms with Crippen LogP contribution in [0.2, 0.25) is 0 Å². The first kappa shape index (κ1) is 112. The van der Waals surface area contributed by atoms with Gasteiger partial charge in [0.15, 0.2) is 0 Å². The molecule has 0 aromatic heterocycles. The highest BCUT2D eigenvalue weighted by Gasteiger charge is 2.40. The summed E-state index contributed by atoms with van der Waals surface area (Å²) < 4.78 is 47.3. The number of aliphatic hydroxyl groups is 1. The van der Waals surface area contributed by atoms with Crippen molar-refractivity contribution in [3.05, 3.63) is 0 Å². The highest BCUT2D eigenvalue weighted by atomic mass is 32.2. The van der Waals surface area contributed by atoms with Gasteiger partial charge in [-0.05, 0) is 18.8 Å². The highest BCUT2D eigenvalue weighted by Crippen LogP contribution is 2.26. The lowest BCUT2D eigenvalue weighted by Crippen LogP contribution is -2.54. The van der Waals surface area contributed by atoms with Crippen LogP contribution in [0.5, 0.6) is 0 Å². The van der Waals surface area contributed by atoms with Crippen molar-refractivity contribution in [2.45, 2.75) is 63.7 Å². The topological polar surface area (TPSA) is 561 Å². The second kappa shape index (κ2) is 66.1. The number of likely N-dealkylation sites (tertiary alicyclic amines) is 1. The molecular formula is C76H139N19O26S. The molecule has 0 aromatic carbocycles. The molecule has 0 radical (unpaired) electrons. The van der Waals surface area contributed by atoms with Crippen LogP contribution in [0.3, 0.4) is 0 Å². The highest BCUT2D eigenvalue weighted by molar-refractivity contribution is 8.00. The van der Waals surface area contributed by atoms with E-state index >= 15 is 0 Å². The van der Waals surface area contributed by atoms with Crippen molar-refractivity contribution in [3.8, 4) is 0 Å². The normalized spacial score (nSPS) is 12.7. The molecule has 2 unspecified atom stereocenters. The molecule has 0 saturated carbocycles. The summed E-state index contributed by atoms with van der Waals surface area (Å²) in [7, 11) is 11.0. The van der Waals surface area contributed by atoms with E-state index in [9.17, 15) is 81.8 Å². The van der Waals surface area contributed by atoms with E-state index in [1.165, 1.54) is 78.4 Å². The Bertz CT molecular complexity index is 3200. The van der Waals surface area contributed by atoms with Crippen molar-refractivity contribution < 1.29 is 124 Å². The first-order valence-corrected chi connectivity index (χ1v) is 41.7. The van der Waals surface area contributed by atoms with E-state index < -0.39 is 178 Å². The van der Waals surface area contributed by atoms with Gasteiger partial charge in [-0.3, -0.25) is 81.6 Å². The molecule has 46 heteroatoms. The first-order valence-electron chi connectivity index (χ1n) is 40.6. The number of amides is 16. The quantitative estimate of drug-likeness (QED) is 0.0220. The Morgan fingerprint density at radius 3 is 0.902 bits per heavy atom. The maximum Gasteiger partial charge on any atom is 0.242 e. The predicted octanol–water partition coefficient (Wildman–Crippen LogP) is -8.62. The standard InChI is InChI=1S/C76H139N19O26S/c1-58(2)55-121-56-59(96)57-122-60-42-64(100)95(76(60)112)21-15-62(98)82-20-13-11-12-14-63(99)88(27-35-114-4)48-74(110)92(31-39-118-8)52-68(104)85(24-18-79)46-72(108)90(29-37-116-6)50-66(102)83(22-16-77)44-70(106)89(28-36-115-5)49-65(101)84(23-17-78)45-71(107)91(30-38-117-7)51-67(103)86(25-19-80)47-73(109)94(33-41-120-10)54-75(111)93(32-40-119-9)53-69(105)87(26-34-113-3)43-61(81)97/h58-60,96H,11-57,77-80H2,1-10H3,(H2,81,97)(H,82,98). The molecule has 1 heterocycles. The predicted molar refractivity (Wildman–Crippen MR) is 445 cm³/mol. The zero-order valence-electron chi connectivity index (χ0n) is 73.2. The van der Waals surface area contributed by atoms with E-state index in [2.05, 4.69) is 5.32 Å². The number of rotatable bonds is 72. The molecule has 16 amide bonds. The summed E-state index contributed by atoms with van der Waals surface area (Å²) >= 11 is 1.18. The summed E-state index contributed by atoms with van der Waals surface area (Å²) in [5, 5.41) is 12.4. The fourth-order valence-electron chi connectivity index (χ4n) is 11.8. The molecule has 2 atom stereocenters. The molecule has 0 aliphatic carbocycles. The van der Waals surface area contributed by atoms with Gasteiger partial charge in [0, 0.05) is 206 Å². The molecule has 1 rings (SSSR count). The first-order chi connectivity index (χ1) is 58.3. The summed E-state index contributed by atoms with van der Waals surface area (Å²) in [6, 6.07) is 0. The Labute approximate surface area is 720 Å². The fraction of sp³-hybridized carbons (Fsp3) is 0.789. The summed E-state index contributed by atoms with van der Waals surface area (Å²) in [5.41, 5.74) is 29.3. The molecule has 0 spiro atoms. The number of ether oxygens (including phenoxy) is 9. The van der Waals surface area contributed by atoms with Crippen LogP contribution in [-0.4, -0.2) is 500 Å². The Morgan fingerprint density at radius 1 is 0.385 bits per heavy atom. The van der Waals surface area contributed by atoms with Crippen molar-refractivity contribution in [2.75, 3.05) is 325 Å². The molecular weight excluding hydrogens is 1630 g/mol. The number of carbonyl (C=O) groups is 16. The SMILES string of the molecule is COCCN(CC(N)=O)C(=O)CN(CCOC)C(=O)CN(CCOC)C(=O)CN(CCN)C(=O)CN(CCOC)C(=O)CN(CCN)C(=O)CN(CCOC)C(=O)CN(CCN)C(=O)CN(CCOC)C(=O)CN(CCN)C(=O)CN(CCOC)C(=O)CN(CCOC)C(=O)CCCCCNC(=O)CCN1C(=O)CC(SCC(O)COCC(C)C)C1=O. The molecule has 1 saturated heterocycles. The van der Waals surface area contributed by atoms with Crippen molar-refractivity contribution in [1.82, 2.24) is 69.0 Å². The largest absolute Gasteiger partial charge is 0.390 e. The van der Waals surface area contributed by atoms with Gasteiger partial charge in [-0.25, -0.2) is 0 Å². The van der Waals surface area contributed by atoms with Gasteiger partial charge in [-0.1, -0.05) is 20.3 Å². The zero-order chi connectivity index (χ0) is 91.5. The minimum absolute atomic E-state index is 0.0106. The van der Waals surface area contributed by atoms with Gasteiger partial charge in [-0.2, -0.15) is 0 Å². The molecule has 0 bridgehead atoms. The Kier molecular flexibility index (Phi) is 60.4. The third-order valence-electron chi connectivity index (χ3n) is 18.7. The second-order valence-corrected chi connectivity index (χ2v) is 30.0. The molecule has 0 aromatic rings. The molecule has 12 N–H and O–H groups in total. The number of nitrogens with two attached hydrogens (primary N) is 5. The monoisotopic (exact) mass is 1770 g/mol. The second-order valence-electron chi connectivity index (χ2n) is 28.8. The fourth-order valence-corrected chi connectivity index (χ4v) is 12.9. The number of carbonyl (C=O) groups excluding carboxylic acids is 16. The Balaban J connectivity index is 3.29. The van der Waals surface area contributed by atoms with Crippen LogP contribution in [0, 0.1) is 5.92 Å². The number of hydrogen-bond acceptors (Lipinski definition) is 31. The van der Waals surface area contributed by atoms with Gasteiger partial charge in [-0.15, -0.1) is 11.8 Å². The molecule has 1 aliphatic rings. The van der Waals surface area contributed by atoms with Crippen molar-refractivity contribution in [2.24, 2.45) is 34.6 Å². The van der Waals surface area contributed by atoms with Gasteiger partial charge in [0.05, 0.1) is 149 Å². The van der Waals surface area contributed by atoms with Gasteiger partial charge >= 0.3 is 0 Å². The van der Waals surface area contributed by atoms with E-state index in [0.717, 1.165) is 53.9 Å². The van der Waals surface area contributed by atoms with Crippen LogP contribution in [0.1, 0.15) is 52.4 Å². The van der Waals surface area contributed by atoms with Crippen LogP contribution < -0.4 is 34.0 Å².